The number of nitrogens with one attached hydrogen (secondary N) is 2. The van der Waals surface area contributed by atoms with Crippen LogP contribution in [0.15, 0.2) is 24.3 Å². The molecule has 124 valence electrons. The lowest BCUT2D eigenvalue weighted by atomic mass is 10.2. The predicted molar refractivity (Wildman–Crippen MR) is 89.4 cm³/mol. The number of amides is 2. The Labute approximate surface area is 137 Å². The van der Waals surface area contributed by atoms with E-state index >= 15 is 0 Å². The zero-order valence-corrected chi connectivity index (χ0v) is 14.0. The van der Waals surface area contributed by atoms with E-state index in [0.29, 0.717) is 13.2 Å². The van der Waals surface area contributed by atoms with Crippen LogP contribution in [-0.2, 0) is 14.3 Å². The molecule has 22 heavy (non-hydrogen) atoms. The van der Waals surface area contributed by atoms with Crippen molar-refractivity contribution in [2.45, 2.75) is 6.92 Å². The van der Waals surface area contributed by atoms with E-state index in [2.05, 4.69) is 10.6 Å². The molecule has 2 N–H and O–H groups in total. The molecule has 1 aromatic carbocycles. The van der Waals surface area contributed by atoms with Crippen molar-refractivity contribution in [3.05, 3.63) is 29.8 Å². The summed E-state index contributed by atoms with van der Waals surface area (Å²) >= 11 is 0. The average molecular weight is 330 g/mol. The molecule has 7 heteroatoms. The summed E-state index contributed by atoms with van der Waals surface area (Å²) in [6.45, 7) is 3.35. The van der Waals surface area contributed by atoms with Crippen LogP contribution in [-0.4, -0.2) is 57.1 Å². The molecule has 1 aromatic rings. The van der Waals surface area contributed by atoms with Crippen molar-refractivity contribution in [1.29, 1.82) is 0 Å². The maximum absolute atomic E-state index is 11.8. The third-order valence-electron chi connectivity index (χ3n) is 2.90. The molecule has 0 aromatic heterocycles. The minimum atomic E-state index is -0.216. The van der Waals surface area contributed by atoms with Crippen molar-refractivity contribution in [3.8, 4) is 0 Å². The number of carbonyl (C=O) groups is 2. The molecule has 6 nitrogen and oxygen atoms in total. The van der Waals surface area contributed by atoms with Gasteiger partial charge in [0.1, 0.15) is 0 Å². The molecule has 0 bridgehead atoms. The first kappa shape index (κ1) is 20.4. The van der Waals surface area contributed by atoms with Crippen molar-refractivity contribution in [2.24, 2.45) is 0 Å². The number of hydrogen-bond acceptors (Lipinski definition) is 4. The fraction of sp³-hybridized carbons (Fsp3) is 0.467. The minimum Gasteiger partial charge on any atom is -0.383 e. The molecular formula is C15H24ClN3O3. The largest absolute Gasteiger partial charge is 0.383 e. The SMILES string of the molecule is COCCNCC(=O)N(C)CC(=O)Nc1ccc(C)cc1.Cl. The Hall–Kier alpha value is -1.63. The van der Waals surface area contributed by atoms with Gasteiger partial charge < -0.3 is 20.3 Å². The van der Waals surface area contributed by atoms with Crippen LogP contribution in [0.5, 0.6) is 0 Å². The molecule has 0 fully saturated rings. The van der Waals surface area contributed by atoms with Crippen LogP contribution in [0.2, 0.25) is 0 Å². The lowest BCUT2D eigenvalue weighted by Crippen LogP contribution is -2.40. The molecule has 0 heterocycles. The van der Waals surface area contributed by atoms with E-state index < -0.39 is 0 Å². The fourth-order valence-electron chi connectivity index (χ4n) is 1.65. The number of anilines is 1. The highest BCUT2D eigenvalue weighted by molar-refractivity contribution is 5.94. The summed E-state index contributed by atoms with van der Waals surface area (Å²) in [4.78, 5) is 25.0. The topological polar surface area (TPSA) is 70.7 Å². The lowest BCUT2D eigenvalue weighted by Gasteiger charge is -2.17. The number of hydrogen-bond donors (Lipinski definition) is 2. The second kappa shape index (κ2) is 11.0. The second-order valence-electron chi connectivity index (χ2n) is 4.83. The van der Waals surface area contributed by atoms with E-state index in [4.69, 9.17) is 4.74 Å². The Morgan fingerprint density at radius 1 is 1.23 bits per heavy atom. The second-order valence-corrected chi connectivity index (χ2v) is 4.83. The molecule has 0 radical (unpaired) electrons. The van der Waals surface area contributed by atoms with Gasteiger partial charge in [0.15, 0.2) is 0 Å². The van der Waals surface area contributed by atoms with Gasteiger partial charge in [0.25, 0.3) is 0 Å². The molecule has 0 aliphatic carbocycles. The monoisotopic (exact) mass is 329 g/mol. The number of halogens is 1. The summed E-state index contributed by atoms with van der Waals surface area (Å²) < 4.78 is 4.87. The van der Waals surface area contributed by atoms with E-state index in [1.165, 1.54) is 4.90 Å². The van der Waals surface area contributed by atoms with E-state index in [0.717, 1.165) is 11.3 Å². The molecule has 0 aliphatic heterocycles. The van der Waals surface area contributed by atoms with Gasteiger partial charge in [-0.25, -0.2) is 0 Å². The number of nitrogens with zero attached hydrogens (tertiary/aromatic N) is 1. The van der Waals surface area contributed by atoms with Crippen molar-refractivity contribution in [2.75, 3.05) is 45.7 Å². The number of likely N-dealkylation sites (N-methyl/N-ethyl adjacent to an activating group) is 1. The van der Waals surface area contributed by atoms with Gasteiger partial charge in [0.05, 0.1) is 19.7 Å². The van der Waals surface area contributed by atoms with Gasteiger partial charge >= 0.3 is 0 Å². The molecule has 0 aliphatic rings. The summed E-state index contributed by atoms with van der Waals surface area (Å²) in [5.74, 6) is -0.350. The summed E-state index contributed by atoms with van der Waals surface area (Å²) in [6.07, 6.45) is 0. The normalized spacial score (nSPS) is 9.77. The molecule has 1 rings (SSSR count). The van der Waals surface area contributed by atoms with Gasteiger partial charge in [-0.05, 0) is 19.1 Å². The molecule has 0 saturated carbocycles. The van der Waals surface area contributed by atoms with Crippen molar-refractivity contribution in [1.82, 2.24) is 10.2 Å². The molecule has 0 unspecified atom stereocenters. The van der Waals surface area contributed by atoms with Gasteiger partial charge in [-0.2, -0.15) is 0 Å². The van der Waals surface area contributed by atoms with E-state index in [1.807, 2.05) is 31.2 Å². The highest BCUT2D eigenvalue weighted by Gasteiger charge is 2.12. The third kappa shape index (κ3) is 7.97. The molecule has 0 atom stereocenters. The zero-order chi connectivity index (χ0) is 15.7. The highest BCUT2D eigenvalue weighted by atomic mass is 35.5. The quantitative estimate of drug-likeness (QED) is 0.699. The number of rotatable bonds is 8. The van der Waals surface area contributed by atoms with Crippen LogP contribution < -0.4 is 10.6 Å². The Kier molecular flexibility index (Phi) is 10.2. The minimum absolute atomic E-state index is 0. The first-order chi connectivity index (χ1) is 10.0. The van der Waals surface area contributed by atoms with Crippen LogP contribution in [0, 0.1) is 6.92 Å². The van der Waals surface area contributed by atoms with Crippen LogP contribution >= 0.6 is 12.4 Å². The Morgan fingerprint density at radius 2 is 1.86 bits per heavy atom. The van der Waals surface area contributed by atoms with Crippen molar-refractivity contribution < 1.29 is 14.3 Å². The van der Waals surface area contributed by atoms with E-state index in [9.17, 15) is 9.59 Å². The van der Waals surface area contributed by atoms with Crippen molar-refractivity contribution in [3.63, 3.8) is 0 Å². The van der Waals surface area contributed by atoms with Crippen LogP contribution in [0.1, 0.15) is 5.56 Å². The zero-order valence-electron chi connectivity index (χ0n) is 13.2. The Morgan fingerprint density at radius 3 is 2.45 bits per heavy atom. The predicted octanol–water partition coefficient (Wildman–Crippen LogP) is 1.05. The number of carbonyl (C=O) groups excluding carboxylic acids is 2. The number of benzene rings is 1. The maximum Gasteiger partial charge on any atom is 0.243 e. The number of methoxy groups -OCH3 is 1. The summed E-state index contributed by atoms with van der Waals surface area (Å²) in [6, 6.07) is 7.51. The van der Waals surface area contributed by atoms with Crippen LogP contribution in [0.3, 0.4) is 0 Å². The maximum atomic E-state index is 11.8. The van der Waals surface area contributed by atoms with Gasteiger partial charge in [-0.1, -0.05) is 17.7 Å². The Bertz CT molecular complexity index is 466. The van der Waals surface area contributed by atoms with Gasteiger partial charge in [-0.3, -0.25) is 9.59 Å². The third-order valence-corrected chi connectivity index (χ3v) is 2.90. The summed E-state index contributed by atoms with van der Waals surface area (Å²) in [7, 11) is 3.21. The van der Waals surface area contributed by atoms with E-state index in [1.54, 1.807) is 14.2 Å². The first-order valence-corrected chi connectivity index (χ1v) is 6.83. The van der Waals surface area contributed by atoms with Gasteiger partial charge in [0.2, 0.25) is 11.8 Å². The lowest BCUT2D eigenvalue weighted by molar-refractivity contribution is -0.132. The van der Waals surface area contributed by atoms with Gasteiger partial charge in [0, 0.05) is 26.4 Å². The Balaban J connectivity index is 0.00000441. The first-order valence-electron chi connectivity index (χ1n) is 6.83. The van der Waals surface area contributed by atoms with Crippen LogP contribution in [0.25, 0.3) is 0 Å². The molecule has 0 saturated heterocycles. The average Bonchev–Trinajstić information content (AvgIpc) is 2.45. The van der Waals surface area contributed by atoms with Gasteiger partial charge in [-0.15, -0.1) is 12.4 Å². The van der Waals surface area contributed by atoms with Crippen molar-refractivity contribution >= 4 is 29.9 Å². The fourth-order valence-corrected chi connectivity index (χ4v) is 1.65. The molecule has 2 amide bonds. The van der Waals surface area contributed by atoms with Crippen LogP contribution in [0.4, 0.5) is 5.69 Å². The standard InChI is InChI=1S/C15H23N3O3.ClH/c1-12-4-6-13(7-5-12)17-14(19)11-18(2)15(20)10-16-8-9-21-3;/h4-7,16H,8-11H2,1-3H3,(H,17,19);1H. The number of ether oxygens (including phenoxy) is 1. The number of aryl methyl sites for hydroxylation is 1. The molecule has 0 spiro atoms. The summed E-state index contributed by atoms with van der Waals surface area (Å²) in [5.41, 5.74) is 1.85. The summed E-state index contributed by atoms with van der Waals surface area (Å²) in [5, 5.41) is 5.71. The highest BCUT2D eigenvalue weighted by Crippen LogP contribution is 2.08. The van der Waals surface area contributed by atoms with E-state index in [-0.39, 0.29) is 37.3 Å². The molecular weight excluding hydrogens is 306 g/mol. The smallest absolute Gasteiger partial charge is 0.243 e.